The Morgan fingerprint density at radius 1 is 1.13 bits per heavy atom. The lowest BCUT2D eigenvalue weighted by Gasteiger charge is -2.25. The molecule has 1 aliphatic heterocycles. The number of benzene rings is 2. The first-order valence-electron chi connectivity index (χ1n) is 6.73. The van der Waals surface area contributed by atoms with Crippen LogP contribution in [-0.2, 0) is 11.0 Å². The molecule has 1 amide bonds. The third-order valence-corrected chi connectivity index (χ3v) is 5.03. The highest BCUT2D eigenvalue weighted by Gasteiger charge is 2.37. The van der Waals surface area contributed by atoms with E-state index in [0.717, 1.165) is 12.1 Å². The van der Waals surface area contributed by atoms with Gasteiger partial charge in [0, 0.05) is 16.3 Å². The van der Waals surface area contributed by atoms with E-state index in [1.807, 2.05) is 0 Å². The van der Waals surface area contributed by atoms with Crippen LogP contribution in [0.5, 0.6) is 0 Å². The molecule has 1 saturated heterocycles. The number of carbonyl (C=O) groups is 1. The quantitative estimate of drug-likeness (QED) is 0.742. The molecule has 0 radical (unpaired) electrons. The number of anilines is 1. The van der Waals surface area contributed by atoms with Gasteiger partial charge in [-0.15, -0.1) is 11.8 Å². The van der Waals surface area contributed by atoms with E-state index < -0.39 is 17.1 Å². The molecule has 2 aromatic rings. The van der Waals surface area contributed by atoms with Gasteiger partial charge in [0.25, 0.3) is 0 Å². The van der Waals surface area contributed by atoms with Crippen LogP contribution in [-0.4, -0.2) is 11.7 Å². The van der Waals surface area contributed by atoms with Gasteiger partial charge in [0.1, 0.15) is 5.37 Å². The number of hydrogen-bond donors (Lipinski definition) is 0. The zero-order valence-electron chi connectivity index (χ0n) is 11.7. The average Bonchev–Trinajstić information content (AvgIpc) is 2.88. The van der Waals surface area contributed by atoms with Crippen molar-refractivity contribution in [3.8, 4) is 0 Å². The summed E-state index contributed by atoms with van der Waals surface area (Å²) in [5.41, 5.74) is 0.153. The third kappa shape index (κ3) is 3.19. The van der Waals surface area contributed by atoms with Crippen LogP contribution >= 0.6 is 23.4 Å². The second kappa shape index (κ2) is 6.09. The minimum Gasteiger partial charge on any atom is -0.295 e. The van der Waals surface area contributed by atoms with Crippen LogP contribution in [0.15, 0.2) is 48.5 Å². The van der Waals surface area contributed by atoms with E-state index in [0.29, 0.717) is 10.6 Å². The van der Waals surface area contributed by atoms with Gasteiger partial charge in [0.15, 0.2) is 0 Å². The monoisotopic (exact) mass is 357 g/mol. The fourth-order valence-electron chi connectivity index (χ4n) is 2.44. The molecule has 1 aliphatic rings. The van der Waals surface area contributed by atoms with Crippen LogP contribution in [0.4, 0.5) is 18.9 Å². The summed E-state index contributed by atoms with van der Waals surface area (Å²) in [5, 5.41) is 0.0522. The summed E-state index contributed by atoms with van der Waals surface area (Å²) in [6.07, 6.45) is -4.45. The van der Waals surface area contributed by atoms with Crippen molar-refractivity contribution in [1.82, 2.24) is 0 Å². The van der Waals surface area contributed by atoms with Crippen LogP contribution in [0.25, 0.3) is 0 Å². The Morgan fingerprint density at radius 2 is 1.87 bits per heavy atom. The van der Waals surface area contributed by atoms with Gasteiger partial charge in [-0.1, -0.05) is 35.9 Å². The molecule has 1 fully saturated rings. The Labute approximate surface area is 140 Å². The van der Waals surface area contributed by atoms with Gasteiger partial charge in [-0.3, -0.25) is 9.69 Å². The van der Waals surface area contributed by atoms with Gasteiger partial charge in [0.05, 0.1) is 11.3 Å². The highest BCUT2D eigenvalue weighted by molar-refractivity contribution is 8.00. The molecule has 7 heteroatoms. The van der Waals surface area contributed by atoms with Crippen LogP contribution in [0.2, 0.25) is 5.02 Å². The lowest BCUT2D eigenvalue weighted by Crippen LogP contribution is -2.28. The number of rotatable bonds is 2. The standard InChI is InChI=1S/C16H11ClF3NOS/c17-13-7-2-1-6-12(13)15-21(14(22)9-23-15)11-5-3-4-10(8-11)16(18,19)20/h1-8,15H,9H2/t15-/m0/s1. The number of amides is 1. The molecule has 1 heterocycles. The first-order chi connectivity index (χ1) is 10.9. The Balaban J connectivity index is 2.03. The predicted molar refractivity (Wildman–Crippen MR) is 85.6 cm³/mol. The summed E-state index contributed by atoms with van der Waals surface area (Å²) in [4.78, 5) is 13.6. The molecule has 0 saturated carbocycles. The predicted octanol–water partition coefficient (Wildman–Crippen LogP) is 5.14. The fourth-order valence-corrected chi connectivity index (χ4v) is 3.96. The lowest BCUT2D eigenvalue weighted by molar-refractivity contribution is -0.137. The van der Waals surface area contributed by atoms with E-state index in [1.54, 1.807) is 24.3 Å². The molecule has 120 valence electrons. The van der Waals surface area contributed by atoms with Crippen molar-refractivity contribution in [2.24, 2.45) is 0 Å². The second-order valence-corrected chi connectivity index (χ2v) is 6.47. The van der Waals surface area contributed by atoms with Crippen molar-refractivity contribution < 1.29 is 18.0 Å². The highest BCUT2D eigenvalue weighted by Crippen LogP contribution is 2.44. The van der Waals surface area contributed by atoms with Gasteiger partial charge in [-0.05, 0) is 24.3 Å². The van der Waals surface area contributed by atoms with Crippen molar-refractivity contribution in [2.45, 2.75) is 11.6 Å². The van der Waals surface area contributed by atoms with Crippen LogP contribution in [0.1, 0.15) is 16.5 Å². The van der Waals surface area contributed by atoms with Gasteiger partial charge in [0.2, 0.25) is 5.91 Å². The molecule has 2 nitrogen and oxygen atoms in total. The van der Waals surface area contributed by atoms with Crippen molar-refractivity contribution in [3.05, 3.63) is 64.7 Å². The zero-order valence-corrected chi connectivity index (χ0v) is 13.3. The smallest absolute Gasteiger partial charge is 0.295 e. The van der Waals surface area contributed by atoms with Crippen molar-refractivity contribution in [3.63, 3.8) is 0 Å². The molecular weight excluding hydrogens is 347 g/mol. The molecule has 0 unspecified atom stereocenters. The topological polar surface area (TPSA) is 20.3 Å². The molecule has 0 aliphatic carbocycles. The minimum absolute atomic E-state index is 0.201. The van der Waals surface area contributed by atoms with E-state index in [-0.39, 0.29) is 17.3 Å². The summed E-state index contributed by atoms with van der Waals surface area (Å²) in [7, 11) is 0. The molecule has 0 aromatic heterocycles. The van der Waals surface area contributed by atoms with Crippen LogP contribution in [0, 0.1) is 0 Å². The normalized spacial score (nSPS) is 18.5. The van der Waals surface area contributed by atoms with Crippen molar-refractivity contribution in [2.75, 3.05) is 10.7 Å². The Kier molecular flexibility index (Phi) is 4.29. The fraction of sp³-hybridized carbons (Fsp3) is 0.188. The third-order valence-electron chi connectivity index (χ3n) is 3.49. The molecule has 3 rings (SSSR count). The maximum absolute atomic E-state index is 12.9. The Hall–Kier alpha value is -1.66. The number of carbonyl (C=O) groups excluding carboxylic acids is 1. The molecular formula is C16H11ClF3NOS. The van der Waals surface area contributed by atoms with Crippen LogP contribution < -0.4 is 4.90 Å². The highest BCUT2D eigenvalue weighted by atomic mass is 35.5. The number of halogens is 4. The lowest BCUT2D eigenvalue weighted by atomic mass is 10.1. The molecule has 1 atom stereocenters. The Morgan fingerprint density at radius 3 is 2.57 bits per heavy atom. The number of alkyl halides is 3. The summed E-state index contributed by atoms with van der Waals surface area (Å²) >= 11 is 7.52. The Bertz CT molecular complexity index is 750. The summed E-state index contributed by atoms with van der Waals surface area (Å²) in [6.45, 7) is 0. The minimum atomic E-state index is -4.45. The largest absolute Gasteiger partial charge is 0.416 e. The molecule has 23 heavy (non-hydrogen) atoms. The van der Waals surface area contributed by atoms with E-state index >= 15 is 0 Å². The summed E-state index contributed by atoms with van der Waals surface area (Å²) < 4.78 is 38.7. The number of nitrogens with zero attached hydrogens (tertiary/aromatic N) is 1. The SMILES string of the molecule is O=C1CS[C@@H](c2ccccc2Cl)N1c1cccc(C(F)(F)F)c1. The van der Waals surface area contributed by atoms with E-state index in [2.05, 4.69) is 0 Å². The maximum atomic E-state index is 12.9. The van der Waals surface area contributed by atoms with Crippen molar-refractivity contribution in [1.29, 1.82) is 0 Å². The second-order valence-electron chi connectivity index (χ2n) is 5.00. The van der Waals surface area contributed by atoms with Gasteiger partial charge in [-0.25, -0.2) is 0 Å². The van der Waals surface area contributed by atoms with Crippen molar-refractivity contribution >= 4 is 35.0 Å². The molecule has 0 N–H and O–H groups in total. The first kappa shape index (κ1) is 16.2. The molecule has 2 aromatic carbocycles. The first-order valence-corrected chi connectivity index (χ1v) is 8.16. The van der Waals surface area contributed by atoms with E-state index in [4.69, 9.17) is 11.6 Å². The number of hydrogen-bond acceptors (Lipinski definition) is 2. The van der Waals surface area contributed by atoms with Crippen LogP contribution in [0.3, 0.4) is 0 Å². The average molecular weight is 358 g/mol. The number of thioether (sulfide) groups is 1. The van der Waals surface area contributed by atoms with Gasteiger partial charge in [-0.2, -0.15) is 13.2 Å². The summed E-state index contributed by atoms with van der Waals surface area (Å²) in [5.74, 6) is -0.0363. The maximum Gasteiger partial charge on any atom is 0.416 e. The van der Waals surface area contributed by atoms with E-state index in [1.165, 1.54) is 28.8 Å². The molecule has 0 spiro atoms. The van der Waals surface area contributed by atoms with E-state index in [9.17, 15) is 18.0 Å². The van der Waals surface area contributed by atoms with Gasteiger partial charge >= 0.3 is 6.18 Å². The molecule has 0 bridgehead atoms. The zero-order chi connectivity index (χ0) is 16.6. The summed E-state index contributed by atoms with van der Waals surface area (Å²) in [6, 6.07) is 11.8. The van der Waals surface area contributed by atoms with Gasteiger partial charge < -0.3 is 0 Å².